The van der Waals surface area contributed by atoms with Crippen molar-refractivity contribution >= 4 is 29.6 Å². The van der Waals surface area contributed by atoms with E-state index in [1.54, 1.807) is 24.3 Å². The normalized spacial score (nSPS) is 10.1. The van der Waals surface area contributed by atoms with Crippen molar-refractivity contribution in [1.29, 1.82) is 0 Å². The topological polar surface area (TPSA) is 122 Å². The van der Waals surface area contributed by atoms with Gasteiger partial charge in [0.15, 0.2) is 0 Å². The van der Waals surface area contributed by atoms with E-state index in [4.69, 9.17) is 9.84 Å². The first-order valence-electron chi connectivity index (χ1n) is 9.50. The third-order valence-electron chi connectivity index (χ3n) is 4.26. The number of methoxy groups -OCH3 is 1. The van der Waals surface area contributed by atoms with Crippen LogP contribution < -0.4 is 5.32 Å². The van der Waals surface area contributed by atoms with Gasteiger partial charge in [-0.05, 0) is 23.3 Å². The number of rotatable bonds is 10. The number of carboxylic acid groups (broad SMARTS) is 1. The molecule has 2 rings (SSSR count). The average molecular weight is 428 g/mol. The van der Waals surface area contributed by atoms with E-state index < -0.39 is 30.4 Å². The molecule has 0 aromatic heterocycles. The molecule has 0 radical (unpaired) electrons. The number of hydrogen-bond donors (Lipinski definition) is 2. The van der Waals surface area contributed by atoms with Crippen molar-refractivity contribution in [3.8, 4) is 0 Å². The SMILES string of the molecule is COC(=O)CCN(Cc1ccc(NC(=O)OCc2ccccc2)cc1)C(=O)CC(=O)O. The summed E-state index contributed by atoms with van der Waals surface area (Å²) in [5.41, 5.74) is 2.07. The van der Waals surface area contributed by atoms with Crippen LogP contribution in [0.4, 0.5) is 10.5 Å². The third-order valence-corrected chi connectivity index (χ3v) is 4.26. The molecule has 0 fully saturated rings. The lowest BCUT2D eigenvalue weighted by molar-refractivity contribution is -0.145. The molecule has 31 heavy (non-hydrogen) atoms. The Morgan fingerprint density at radius 3 is 2.26 bits per heavy atom. The fourth-order valence-corrected chi connectivity index (χ4v) is 2.65. The number of benzene rings is 2. The predicted octanol–water partition coefficient (Wildman–Crippen LogP) is 2.80. The number of carboxylic acids is 1. The number of hydrogen-bond acceptors (Lipinski definition) is 6. The van der Waals surface area contributed by atoms with Gasteiger partial charge in [-0.3, -0.25) is 19.7 Å². The standard InChI is InChI=1S/C22H24N2O7/c1-30-21(28)11-12-24(19(25)13-20(26)27)14-16-7-9-18(10-8-16)23-22(29)31-15-17-5-3-2-4-6-17/h2-10H,11-15H2,1H3,(H,23,29)(H,26,27). The van der Waals surface area contributed by atoms with Crippen molar-refractivity contribution in [1.82, 2.24) is 4.90 Å². The van der Waals surface area contributed by atoms with Crippen LogP contribution >= 0.6 is 0 Å². The Labute approximate surface area is 179 Å². The maximum Gasteiger partial charge on any atom is 0.411 e. The number of nitrogens with one attached hydrogen (secondary N) is 1. The number of nitrogens with zero attached hydrogens (tertiary/aromatic N) is 1. The first-order valence-corrected chi connectivity index (χ1v) is 9.50. The van der Waals surface area contributed by atoms with Gasteiger partial charge in [-0.1, -0.05) is 42.5 Å². The van der Waals surface area contributed by atoms with Gasteiger partial charge in [0.1, 0.15) is 13.0 Å². The number of carbonyl (C=O) groups is 4. The molecule has 0 spiro atoms. The fraction of sp³-hybridized carbons (Fsp3) is 0.273. The van der Waals surface area contributed by atoms with E-state index in [-0.39, 0.29) is 26.1 Å². The molecule has 2 N–H and O–H groups in total. The van der Waals surface area contributed by atoms with E-state index in [1.807, 2.05) is 30.3 Å². The van der Waals surface area contributed by atoms with Gasteiger partial charge < -0.3 is 19.5 Å². The number of amides is 2. The molecule has 0 bridgehead atoms. The Morgan fingerprint density at radius 2 is 1.65 bits per heavy atom. The summed E-state index contributed by atoms with van der Waals surface area (Å²) in [6.45, 7) is 0.290. The van der Waals surface area contributed by atoms with Crippen LogP contribution in [0, 0.1) is 0 Å². The largest absolute Gasteiger partial charge is 0.481 e. The molecule has 0 aliphatic carbocycles. The second-order valence-electron chi connectivity index (χ2n) is 6.60. The molecule has 0 heterocycles. The molecule has 0 saturated carbocycles. The zero-order chi connectivity index (χ0) is 22.6. The molecule has 0 aliphatic rings. The summed E-state index contributed by atoms with van der Waals surface area (Å²) in [4.78, 5) is 47.6. The van der Waals surface area contributed by atoms with E-state index >= 15 is 0 Å². The van der Waals surface area contributed by atoms with E-state index in [9.17, 15) is 19.2 Å². The van der Waals surface area contributed by atoms with E-state index in [2.05, 4.69) is 10.1 Å². The summed E-state index contributed by atoms with van der Waals surface area (Å²) in [6.07, 6.45) is -1.32. The Morgan fingerprint density at radius 1 is 0.968 bits per heavy atom. The number of esters is 1. The Balaban J connectivity index is 1.92. The van der Waals surface area contributed by atoms with Crippen LogP contribution in [-0.4, -0.2) is 47.6 Å². The Kier molecular flexibility index (Phi) is 9.03. The lowest BCUT2D eigenvalue weighted by atomic mass is 10.1. The van der Waals surface area contributed by atoms with Gasteiger partial charge >= 0.3 is 18.0 Å². The molecule has 9 nitrogen and oxygen atoms in total. The number of anilines is 1. The number of aliphatic carboxylic acids is 1. The molecular formula is C22H24N2O7. The number of ether oxygens (including phenoxy) is 2. The van der Waals surface area contributed by atoms with Crippen LogP contribution in [0.2, 0.25) is 0 Å². The zero-order valence-electron chi connectivity index (χ0n) is 17.1. The van der Waals surface area contributed by atoms with Gasteiger partial charge in [0.25, 0.3) is 0 Å². The van der Waals surface area contributed by atoms with Crippen molar-refractivity contribution in [2.75, 3.05) is 19.0 Å². The van der Waals surface area contributed by atoms with Crippen LogP contribution in [0.3, 0.4) is 0 Å². The second-order valence-corrected chi connectivity index (χ2v) is 6.60. The first-order chi connectivity index (χ1) is 14.9. The van der Waals surface area contributed by atoms with E-state index in [1.165, 1.54) is 12.0 Å². The van der Waals surface area contributed by atoms with Crippen LogP contribution in [-0.2, 0) is 37.0 Å². The molecule has 0 atom stereocenters. The van der Waals surface area contributed by atoms with Gasteiger partial charge in [-0.15, -0.1) is 0 Å². The Bertz CT molecular complexity index is 898. The van der Waals surface area contributed by atoms with Crippen molar-refractivity contribution in [3.05, 3.63) is 65.7 Å². The van der Waals surface area contributed by atoms with Gasteiger partial charge in [-0.25, -0.2) is 4.79 Å². The molecule has 2 aromatic rings. The average Bonchev–Trinajstić information content (AvgIpc) is 2.76. The monoisotopic (exact) mass is 428 g/mol. The van der Waals surface area contributed by atoms with Gasteiger partial charge in [-0.2, -0.15) is 0 Å². The molecule has 9 heteroatoms. The highest BCUT2D eigenvalue weighted by Gasteiger charge is 2.18. The molecule has 2 aromatic carbocycles. The highest BCUT2D eigenvalue weighted by atomic mass is 16.5. The van der Waals surface area contributed by atoms with Crippen molar-refractivity contribution in [3.63, 3.8) is 0 Å². The molecule has 0 aliphatic heterocycles. The predicted molar refractivity (Wildman–Crippen MR) is 111 cm³/mol. The highest BCUT2D eigenvalue weighted by Crippen LogP contribution is 2.14. The minimum absolute atomic E-state index is 0.0323. The molecule has 0 saturated heterocycles. The molecular weight excluding hydrogens is 404 g/mol. The quantitative estimate of drug-likeness (QED) is 0.441. The zero-order valence-corrected chi connectivity index (χ0v) is 17.1. The summed E-state index contributed by atoms with van der Waals surface area (Å²) in [6, 6.07) is 15.9. The van der Waals surface area contributed by atoms with Crippen LogP contribution in [0.1, 0.15) is 24.0 Å². The molecule has 164 valence electrons. The first kappa shape index (κ1) is 23.4. The lowest BCUT2D eigenvalue weighted by Crippen LogP contribution is -2.34. The highest BCUT2D eigenvalue weighted by molar-refractivity contribution is 5.93. The fourth-order valence-electron chi connectivity index (χ4n) is 2.65. The second kappa shape index (κ2) is 12.0. The van der Waals surface area contributed by atoms with Crippen LogP contribution in [0.25, 0.3) is 0 Å². The van der Waals surface area contributed by atoms with Crippen molar-refractivity contribution in [2.24, 2.45) is 0 Å². The summed E-state index contributed by atoms with van der Waals surface area (Å²) in [7, 11) is 1.24. The summed E-state index contributed by atoms with van der Waals surface area (Å²) in [5.74, 6) is -2.36. The van der Waals surface area contributed by atoms with Crippen molar-refractivity contribution < 1.29 is 33.8 Å². The Hall–Kier alpha value is -3.88. The number of carbonyl (C=O) groups excluding carboxylic acids is 3. The van der Waals surface area contributed by atoms with E-state index in [0.29, 0.717) is 11.3 Å². The minimum Gasteiger partial charge on any atom is -0.481 e. The molecule has 2 amide bonds. The summed E-state index contributed by atoms with van der Waals surface area (Å²) < 4.78 is 9.73. The van der Waals surface area contributed by atoms with Crippen molar-refractivity contribution in [2.45, 2.75) is 26.0 Å². The summed E-state index contributed by atoms with van der Waals surface area (Å²) >= 11 is 0. The lowest BCUT2D eigenvalue weighted by Gasteiger charge is -2.22. The van der Waals surface area contributed by atoms with Gasteiger partial charge in [0, 0.05) is 18.8 Å². The smallest absolute Gasteiger partial charge is 0.411 e. The summed E-state index contributed by atoms with van der Waals surface area (Å²) in [5, 5.41) is 11.5. The van der Waals surface area contributed by atoms with Gasteiger partial charge in [0.2, 0.25) is 5.91 Å². The molecule has 0 unspecified atom stereocenters. The van der Waals surface area contributed by atoms with Gasteiger partial charge in [0.05, 0.1) is 13.5 Å². The van der Waals surface area contributed by atoms with E-state index in [0.717, 1.165) is 5.56 Å². The van der Waals surface area contributed by atoms with Crippen LogP contribution in [0.5, 0.6) is 0 Å². The third kappa shape index (κ3) is 8.57. The van der Waals surface area contributed by atoms with Crippen LogP contribution in [0.15, 0.2) is 54.6 Å². The maximum absolute atomic E-state index is 12.2. The maximum atomic E-state index is 12.2. The minimum atomic E-state index is -1.25.